The van der Waals surface area contributed by atoms with Crippen molar-refractivity contribution < 1.29 is 4.74 Å². The van der Waals surface area contributed by atoms with Crippen LogP contribution >= 0.6 is 34.8 Å². The lowest BCUT2D eigenvalue weighted by Crippen LogP contribution is -2.23. The number of ether oxygens (including phenoxy) is 1. The number of rotatable bonds is 5. The number of nitrogens with one attached hydrogen (secondary N) is 1. The predicted molar refractivity (Wildman–Crippen MR) is 85.5 cm³/mol. The summed E-state index contributed by atoms with van der Waals surface area (Å²) < 4.78 is 4.16. The van der Waals surface area contributed by atoms with Crippen LogP contribution in [0.2, 0.25) is 0 Å². The van der Waals surface area contributed by atoms with E-state index in [0.29, 0.717) is 0 Å². The summed E-state index contributed by atoms with van der Waals surface area (Å²) in [6.07, 6.45) is -0.634. The summed E-state index contributed by atoms with van der Waals surface area (Å²) in [6.45, 7) is 0.248. The van der Waals surface area contributed by atoms with Crippen LogP contribution < -0.4 is 5.32 Å². The first-order chi connectivity index (χ1) is 9.57. The van der Waals surface area contributed by atoms with Gasteiger partial charge in [0.2, 0.25) is 3.79 Å². The Labute approximate surface area is 133 Å². The standard InChI is InChI=1S/C15H14Cl3NO/c16-15(17,18)14(12-7-3-1-4-8-12)20-11-19-13-9-5-2-6-10-13/h1-10,14,19H,11H2. The molecule has 0 aliphatic rings. The molecule has 1 N–H and O–H groups in total. The fourth-order valence-corrected chi connectivity index (χ4v) is 2.34. The average Bonchev–Trinajstić information content (AvgIpc) is 2.44. The van der Waals surface area contributed by atoms with Crippen molar-refractivity contribution in [3.8, 4) is 0 Å². The Kier molecular flexibility index (Phi) is 5.55. The Morgan fingerprint density at radius 1 is 0.900 bits per heavy atom. The molecule has 20 heavy (non-hydrogen) atoms. The van der Waals surface area contributed by atoms with Gasteiger partial charge in [-0.15, -0.1) is 0 Å². The third-order valence-corrected chi connectivity index (χ3v) is 3.29. The van der Waals surface area contributed by atoms with Crippen molar-refractivity contribution in [3.63, 3.8) is 0 Å². The monoisotopic (exact) mass is 329 g/mol. The molecule has 1 atom stereocenters. The van der Waals surface area contributed by atoms with Crippen LogP contribution in [-0.2, 0) is 4.74 Å². The Morgan fingerprint density at radius 2 is 1.45 bits per heavy atom. The minimum absolute atomic E-state index is 0.248. The minimum Gasteiger partial charge on any atom is -0.363 e. The van der Waals surface area contributed by atoms with Crippen LogP contribution in [0.5, 0.6) is 0 Å². The van der Waals surface area contributed by atoms with Gasteiger partial charge in [-0.25, -0.2) is 0 Å². The SMILES string of the molecule is ClC(Cl)(Cl)C(OCNc1ccccc1)c1ccccc1. The molecule has 0 aliphatic heterocycles. The molecular weight excluding hydrogens is 317 g/mol. The van der Waals surface area contributed by atoms with Gasteiger partial charge in [0, 0.05) is 5.69 Å². The van der Waals surface area contributed by atoms with Crippen molar-refractivity contribution in [2.75, 3.05) is 12.0 Å². The highest BCUT2D eigenvalue weighted by Crippen LogP contribution is 2.42. The van der Waals surface area contributed by atoms with E-state index in [4.69, 9.17) is 39.5 Å². The normalized spacial score (nSPS) is 12.9. The van der Waals surface area contributed by atoms with E-state index in [2.05, 4.69) is 5.32 Å². The van der Waals surface area contributed by atoms with Crippen LogP contribution in [0.4, 0.5) is 5.69 Å². The summed E-state index contributed by atoms with van der Waals surface area (Å²) >= 11 is 18.0. The van der Waals surface area contributed by atoms with E-state index in [1.165, 1.54) is 0 Å². The van der Waals surface area contributed by atoms with Crippen molar-refractivity contribution in [2.24, 2.45) is 0 Å². The molecular formula is C15H14Cl3NO. The van der Waals surface area contributed by atoms with Gasteiger partial charge in [-0.2, -0.15) is 0 Å². The van der Waals surface area contributed by atoms with Gasteiger partial charge in [0.25, 0.3) is 0 Å². The fraction of sp³-hybridized carbons (Fsp3) is 0.200. The van der Waals surface area contributed by atoms with Gasteiger partial charge >= 0.3 is 0 Å². The van der Waals surface area contributed by atoms with Crippen LogP contribution in [-0.4, -0.2) is 10.5 Å². The van der Waals surface area contributed by atoms with E-state index in [-0.39, 0.29) is 6.73 Å². The highest BCUT2D eigenvalue weighted by atomic mass is 35.6. The molecule has 0 radical (unpaired) electrons. The van der Waals surface area contributed by atoms with E-state index in [9.17, 15) is 0 Å². The second-order valence-corrected chi connectivity index (χ2v) is 6.56. The number of alkyl halides is 3. The quantitative estimate of drug-likeness (QED) is 0.602. The minimum atomic E-state index is -1.53. The molecule has 0 amide bonds. The zero-order valence-corrected chi connectivity index (χ0v) is 12.9. The summed E-state index contributed by atoms with van der Waals surface area (Å²) in [7, 11) is 0. The number of benzene rings is 2. The van der Waals surface area contributed by atoms with E-state index < -0.39 is 9.90 Å². The molecule has 106 valence electrons. The van der Waals surface area contributed by atoms with Gasteiger partial charge in [-0.3, -0.25) is 0 Å². The van der Waals surface area contributed by atoms with E-state index in [1.54, 1.807) is 0 Å². The Balaban J connectivity index is 1.99. The van der Waals surface area contributed by atoms with Gasteiger partial charge in [-0.05, 0) is 17.7 Å². The molecule has 0 bridgehead atoms. The second kappa shape index (κ2) is 7.19. The van der Waals surface area contributed by atoms with Gasteiger partial charge in [-0.1, -0.05) is 83.3 Å². The largest absolute Gasteiger partial charge is 0.363 e. The van der Waals surface area contributed by atoms with Crippen LogP contribution in [0.1, 0.15) is 11.7 Å². The molecule has 2 nitrogen and oxygen atoms in total. The van der Waals surface area contributed by atoms with Gasteiger partial charge < -0.3 is 10.1 Å². The maximum absolute atomic E-state index is 5.99. The summed E-state index contributed by atoms with van der Waals surface area (Å²) in [5, 5.41) is 3.12. The van der Waals surface area contributed by atoms with Crippen molar-refractivity contribution in [1.29, 1.82) is 0 Å². The number of hydrogen-bond donors (Lipinski definition) is 1. The molecule has 0 heterocycles. The molecule has 2 aromatic carbocycles. The van der Waals surface area contributed by atoms with Gasteiger partial charge in [0.15, 0.2) is 0 Å². The third kappa shape index (κ3) is 4.57. The predicted octanol–water partition coefficient (Wildman–Crippen LogP) is 5.18. The molecule has 1 unspecified atom stereocenters. The van der Waals surface area contributed by atoms with Crippen LogP contribution in [0.15, 0.2) is 60.7 Å². The van der Waals surface area contributed by atoms with Crippen molar-refractivity contribution in [2.45, 2.75) is 9.90 Å². The highest BCUT2D eigenvalue weighted by Gasteiger charge is 2.34. The maximum atomic E-state index is 5.99. The number of halogens is 3. The van der Waals surface area contributed by atoms with Gasteiger partial charge in [0.05, 0.1) is 0 Å². The average molecular weight is 331 g/mol. The lowest BCUT2D eigenvalue weighted by atomic mass is 10.1. The van der Waals surface area contributed by atoms with E-state index >= 15 is 0 Å². The molecule has 0 saturated carbocycles. The first kappa shape index (κ1) is 15.5. The molecule has 0 aromatic heterocycles. The molecule has 0 fully saturated rings. The van der Waals surface area contributed by atoms with Crippen molar-refractivity contribution in [3.05, 3.63) is 66.2 Å². The zero-order chi connectivity index (χ0) is 14.4. The second-order valence-electron chi connectivity index (χ2n) is 4.19. The Bertz CT molecular complexity index is 514. The van der Waals surface area contributed by atoms with E-state index in [1.807, 2.05) is 60.7 Å². The summed E-state index contributed by atoms with van der Waals surface area (Å²) in [5.41, 5.74) is 1.77. The Hall–Kier alpha value is -0.930. The molecule has 2 aromatic rings. The van der Waals surface area contributed by atoms with Gasteiger partial charge in [0.1, 0.15) is 12.8 Å². The highest BCUT2D eigenvalue weighted by molar-refractivity contribution is 6.68. The molecule has 5 heteroatoms. The maximum Gasteiger partial charge on any atom is 0.220 e. The summed E-state index contributed by atoms with van der Waals surface area (Å²) in [5.74, 6) is 0. The zero-order valence-electron chi connectivity index (χ0n) is 10.6. The van der Waals surface area contributed by atoms with Crippen LogP contribution in [0, 0.1) is 0 Å². The Morgan fingerprint density at radius 3 is 2.00 bits per heavy atom. The third-order valence-electron chi connectivity index (χ3n) is 2.70. The lowest BCUT2D eigenvalue weighted by Gasteiger charge is -2.25. The molecule has 0 spiro atoms. The van der Waals surface area contributed by atoms with Crippen molar-refractivity contribution >= 4 is 40.5 Å². The topological polar surface area (TPSA) is 21.3 Å². The molecule has 0 saturated heterocycles. The molecule has 0 aliphatic carbocycles. The summed E-state index contributed by atoms with van der Waals surface area (Å²) in [6, 6.07) is 19.1. The molecule has 2 rings (SSSR count). The summed E-state index contributed by atoms with van der Waals surface area (Å²) in [4.78, 5) is 0. The number of para-hydroxylation sites is 1. The van der Waals surface area contributed by atoms with E-state index in [0.717, 1.165) is 11.3 Å². The number of hydrogen-bond acceptors (Lipinski definition) is 2. The van der Waals surface area contributed by atoms with Crippen molar-refractivity contribution in [1.82, 2.24) is 0 Å². The lowest BCUT2D eigenvalue weighted by molar-refractivity contribution is 0.0691. The van der Waals surface area contributed by atoms with Crippen LogP contribution in [0.3, 0.4) is 0 Å². The fourth-order valence-electron chi connectivity index (χ4n) is 1.77. The number of anilines is 1. The first-order valence-corrected chi connectivity index (χ1v) is 7.23. The smallest absolute Gasteiger partial charge is 0.220 e. The van der Waals surface area contributed by atoms with Crippen LogP contribution in [0.25, 0.3) is 0 Å². The first-order valence-electron chi connectivity index (χ1n) is 6.09.